The third kappa shape index (κ3) is 5.26. The summed E-state index contributed by atoms with van der Waals surface area (Å²) in [5, 5.41) is 2.56. The summed E-state index contributed by atoms with van der Waals surface area (Å²) < 4.78 is 10.0. The predicted molar refractivity (Wildman–Crippen MR) is 73.3 cm³/mol. The lowest BCUT2D eigenvalue weighted by Crippen LogP contribution is -2.32. The standard InChI is InChI=1S/C14H20N2O4/c1-5-19-12(17)10-7-6-8-15-11(10)9-16-13(18)20-14(2,3)4/h6-8H,5,9H2,1-4H3,(H,16,18). The SMILES string of the molecule is CCOC(=O)c1cccnc1CNC(=O)OC(C)(C)C. The number of pyridine rings is 1. The summed E-state index contributed by atoms with van der Waals surface area (Å²) in [6.45, 7) is 7.44. The van der Waals surface area contributed by atoms with Gasteiger partial charge in [0.15, 0.2) is 0 Å². The van der Waals surface area contributed by atoms with E-state index in [-0.39, 0.29) is 13.2 Å². The number of hydrogen-bond donors (Lipinski definition) is 1. The minimum Gasteiger partial charge on any atom is -0.462 e. The number of hydrogen-bond acceptors (Lipinski definition) is 5. The number of alkyl carbamates (subject to hydrolysis) is 1. The van der Waals surface area contributed by atoms with E-state index >= 15 is 0 Å². The number of carbonyl (C=O) groups is 2. The second-order valence-electron chi connectivity index (χ2n) is 5.07. The number of ether oxygens (including phenoxy) is 2. The molecule has 1 heterocycles. The Balaban J connectivity index is 2.69. The van der Waals surface area contributed by atoms with Crippen LogP contribution in [0.15, 0.2) is 18.3 Å². The first-order valence-electron chi connectivity index (χ1n) is 6.41. The molecule has 1 aromatic rings. The fraction of sp³-hybridized carbons (Fsp3) is 0.500. The van der Waals surface area contributed by atoms with Gasteiger partial charge < -0.3 is 14.8 Å². The molecule has 0 bridgehead atoms. The smallest absolute Gasteiger partial charge is 0.407 e. The van der Waals surface area contributed by atoms with Gasteiger partial charge in [-0.3, -0.25) is 4.98 Å². The van der Waals surface area contributed by atoms with Gasteiger partial charge in [0, 0.05) is 6.20 Å². The molecule has 0 aliphatic carbocycles. The Morgan fingerprint density at radius 1 is 1.35 bits per heavy atom. The predicted octanol–water partition coefficient (Wildman–Crippen LogP) is 2.28. The molecule has 1 amide bonds. The molecule has 0 fully saturated rings. The molecule has 110 valence electrons. The minimum atomic E-state index is -0.571. The number of carbonyl (C=O) groups excluding carboxylic acids is 2. The largest absolute Gasteiger partial charge is 0.462 e. The van der Waals surface area contributed by atoms with Crippen molar-refractivity contribution >= 4 is 12.1 Å². The number of esters is 1. The zero-order chi connectivity index (χ0) is 15.2. The normalized spacial score (nSPS) is 10.8. The van der Waals surface area contributed by atoms with E-state index in [1.165, 1.54) is 0 Å². The van der Waals surface area contributed by atoms with Crippen LogP contribution in [0.5, 0.6) is 0 Å². The lowest BCUT2D eigenvalue weighted by molar-refractivity contribution is 0.0501. The van der Waals surface area contributed by atoms with Crippen molar-refractivity contribution in [1.29, 1.82) is 0 Å². The van der Waals surface area contributed by atoms with Gasteiger partial charge in [-0.15, -0.1) is 0 Å². The Bertz CT molecular complexity index is 480. The number of aromatic nitrogens is 1. The van der Waals surface area contributed by atoms with Gasteiger partial charge in [0.2, 0.25) is 0 Å². The fourth-order valence-electron chi connectivity index (χ4n) is 1.44. The van der Waals surface area contributed by atoms with E-state index in [2.05, 4.69) is 10.3 Å². The molecule has 0 radical (unpaired) electrons. The van der Waals surface area contributed by atoms with E-state index in [1.54, 1.807) is 46.0 Å². The first-order valence-corrected chi connectivity index (χ1v) is 6.41. The van der Waals surface area contributed by atoms with Crippen LogP contribution >= 0.6 is 0 Å². The molecule has 0 unspecified atom stereocenters. The van der Waals surface area contributed by atoms with Crippen LogP contribution in [0.1, 0.15) is 43.7 Å². The highest BCUT2D eigenvalue weighted by atomic mass is 16.6. The topological polar surface area (TPSA) is 77.5 Å². The highest BCUT2D eigenvalue weighted by Gasteiger charge is 2.18. The average Bonchev–Trinajstić information content (AvgIpc) is 2.35. The van der Waals surface area contributed by atoms with E-state index in [9.17, 15) is 9.59 Å². The molecule has 1 rings (SSSR count). The maximum Gasteiger partial charge on any atom is 0.407 e. The number of nitrogens with one attached hydrogen (secondary N) is 1. The Morgan fingerprint density at radius 3 is 2.65 bits per heavy atom. The minimum absolute atomic E-state index is 0.101. The number of nitrogens with zero attached hydrogens (tertiary/aromatic N) is 1. The molecule has 0 spiro atoms. The summed E-state index contributed by atoms with van der Waals surface area (Å²) in [7, 11) is 0. The molecule has 6 nitrogen and oxygen atoms in total. The molecule has 0 aliphatic heterocycles. The van der Waals surface area contributed by atoms with Gasteiger partial charge >= 0.3 is 12.1 Å². The molecule has 20 heavy (non-hydrogen) atoms. The van der Waals surface area contributed by atoms with E-state index in [4.69, 9.17) is 9.47 Å². The zero-order valence-corrected chi connectivity index (χ0v) is 12.2. The van der Waals surface area contributed by atoms with Crippen molar-refractivity contribution < 1.29 is 19.1 Å². The first kappa shape index (κ1) is 15.9. The molecule has 1 aromatic heterocycles. The van der Waals surface area contributed by atoms with Crippen molar-refractivity contribution in [3.63, 3.8) is 0 Å². The Kier molecular flexibility index (Phi) is 5.49. The summed E-state index contributed by atoms with van der Waals surface area (Å²) in [5.74, 6) is -0.457. The molecular formula is C14H20N2O4. The summed E-state index contributed by atoms with van der Waals surface area (Å²) >= 11 is 0. The molecule has 0 aromatic carbocycles. The quantitative estimate of drug-likeness (QED) is 0.856. The van der Waals surface area contributed by atoms with Gasteiger partial charge in [0.05, 0.1) is 24.4 Å². The highest BCUT2D eigenvalue weighted by molar-refractivity contribution is 5.90. The van der Waals surface area contributed by atoms with Crippen LogP contribution in [0.4, 0.5) is 4.79 Å². The van der Waals surface area contributed by atoms with Gasteiger partial charge in [-0.1, -0.05) is 0 Å². The highest BCUT2D eigenvalue weighted by Crippen LogP contribution is 2.09. The Labute approximate surface area is 118 Å². The lowest BCUT2D eigenvalue weighted by atomic mass is 10.2. The summed E-state index contributed by atoms with van der Waals surface area (Å²) in [6.07, 6.45) is 0.993. The van der Waals surface area contributed by atoms with Gasteiger partial charge in [-0.2, -0.15) is 0 Å². The van der Waals surface area contributed by atoms with Gasteiger partial charge in [0.1, 0.15) is 5.60 Å². The van der Waals surface area contributed by atoms with Crippen LogP contribution in [0.2, 0.25) is 0 Å². The molecule has 1 N–H and O–H groups in total. The Hall–Kier alpha value is -2.11. The van der Waals surface area contributed by atoms with Crippen molar-refractivity contribution in [3.8, 4) is 0 Å². The van der Waals surface area contributed by atoms with Crippen LogP contribution < -0.4 is 5.32 Å². The summed E-state index contributed by atoms with van der Waals surface area (Å²) in [6, 6.07) is 3.25. The molecule has 6 heteroatoms. The zero-order valence-electron chi connectivity index (χ0n) is 12.2. The van der Waals surface area contributed by atoms with E-state index < -0.39 is 17.7 Å². The average molecular weight is 280 g/mol. The van der Waals surface area contributed by atoms with Crippen LogP contribution in [-0.4, -0.2) is 29.3 Å². The van der Waals surface area contributed by atoms with Crippen LogP contribution in [-0.2, 0) is 16.0 Å². The van der Waals surface area contributed by atoms with Gasteiger partial charge in [0.25, 0.3) is 0 Å². The summed E-state index contributed by atoms with van der Waals surface area (Å²) in [5.41, 5.74) is 0.209. The number of rotatable bonds is 4. The van der Waals surface area contributed by atoms with Crippen molar-refractivity contribution in [2.45, 2.75) is 39.8 Å². The molecule has 0 saturated heterocycles. The monoisotopic (exact) mass is 280 g/mol. The van der Waals surface area contributed by atoms with Crippen molar-refractivity contribution in [3.05, 3.63) is 29.6 Å². The second-order valence-corrected chi connectivity index (χ2v) is 5.07. The van der Waals surface area contributed by atoms with Gasteiger partial charge in [-0.25, -0.2) is 9.59 Å². The third-order valence-corrected chi connectivity index (χ3v) is 2.18. The Morgan fingerprint density at radius 2 is 2.05 bits per heavy atom. The fourth-order valence-corrected chi connectivity index (χ4v) is 1.44. The van der Waals surface area contributed by atoms with E-state index in [1.807, 2.05) is 0 Å². The van der Waals surface area contributed by atoms with Crippen molar-refractivity contribution in [1.82, 2.24) is 10.3 Å². The van der Waals surface area contributed by atoms with Gasteiger partial charge in [-0.05, 0) is 39.8 Å². The van der Waals surface area contributed by atoms with Crippen LogP contribution in [0.25, 0.3) is 0 Å². The van der Waals surface area contributed by atoms with Crippen molar-refractivity contribution in [2.75, 3.05) is 6.61 Å². The molecule has 0 aliphatic rings. The van der Waals surface area contributed by atoms with E-state index in [0.717, 1.165) is 0 Å². The molecule has 0 atom stereocenters. The summed E-state index contributed by atoms with van der Waals surface area (Å²) in [4.78, 5) is 27.4. The lowest BCUT2D eigenvalue weighted by Gasteiger charge is -2.19. The van der Waals surface area contributed by atoms with Crippen LogP contribution in [0.3, 0.4) is 0 Å². The maximum absolute atomic E-state index is 11.7. The van der Waals surface area contributed by atoms with E-state index in [0.29, 0.717) is 11.3 Å². The van der Waals surface area contributed by atoms with Crippen molar-refractivity contribution in [2.24, 2.45) is 0 Å². The molecular weight excluding hydrogens is 260 g/mol. The van der Waals surface area contributed by atoms with Crippen LogP contribution in [0, 0.1) is 0 Å². The second kappa shape index (κ2) is 6.88. The maximum atomic E-state index is 11.7. The first-order chi connectivity index (χ1) is 9.33. The number of amides is 1. The third-order valence-electron chi connectivity index (χ3n) is 2.18. The molecule has 0 saturated carbocycles.